The second-order valence-corrected chi connectivity index (χ2v) is 22.1. The van der Waals surface area contributed by atoms with Crippen molar-refractivity contribution in [2.45, 2.75) is 218 Å². The third kappa shape index (κ3) is 56.6. The highest BCUT2D eigenvalue weighted by Gasteiger charge is 2.29. The highest BCUT2D eigenvalue weighted by molar-refractivity contribution is 7.45. The molecular weight excluding hydrogens is 976 g/mol. The molecular formula is C67H111N2O7P. The molecule has 77 heavy (non-hydrogen) atoms. The lowest BCUT2D eigenvalue weighted by Gasteiger charge is -2.31. The smallest absolute Gasteiger partial charge is 0.268 e. The topological polar surface area (TPSA) is 128 Å². The van der Waals surface area contributed by atoms with Crippen LogP contribution in [-0.2, 0) is 18.4 Å². The Morgan fingerprint density at radius 3 is 1.26 bits per heavy atom. The van der Waals surface area contributed by atoms with Crippen LogP contribution in [-0.4, -0.2) is 79.8 Å². The van der Waals surface area contributed by atoms with Crippen molar-refractivity contribution in [2.24, 2.45) is 0 Å². The van der Waals surface area contributed by atoms with Gasteiger partial charge in [-0.15, -0.1) is 0 Å². The minimum absolute atomic E-state index is 0.0589. The van der Waals surface area contributed by atoms with Gasteiger partial charge in [0.15, 0.2) is 0 Å². The normalized spacial score (nSPS) is 15.4. The first-order chi connectivity index (χ1) is 37.4. The summed E-state index contributed by atoms with van der Waals surface area (Å²) in [4.78, 5) is 25.5. The van der Waals surface area contributed by atoms with E-state index in [0.717, 1.165) is 122 Å². The Hall–Kier alpha value is -3.92. The molecule has 0 aromatic heterocycles. The molecule has 0 aliphatic heterocycles. The molecule has 10 heteroatoms. The zero-order chi connectivity index (χ0) is 56.4. The molecule has 4 atom stereocenters. The minimum atomic E-state index is -4.70. The van der Waals surface area contributed by atoms with Crippen molar-refractivity contribution in [2.75, 3.05) is 40.9 Å². The molecule has 1 amide bonds. The van der Waals surface area contributed by atoms with Crippen molar-refractivity contribution < 1.29 is 38.0 Å². The molecule has 0 heterocycles. The summed E-state index contributed by atoms with van der Waals surface area (Å²) in [5, 5.41) is 24.7. The Morgan fingerprint density at radius 1 is 0.494 bits per heavy atom. The summed E-state index contributed by atoms with van der Waals surface area (Å²) in [6.07, 6.45) is 83.4. The lowest BCUT2D eigenvalue weighted by Crippen LogP contribution is -2.51. The van der Waals surface area contributed by atoms with Crippen LogP contribution in [0.25, 0.3) is 0 Å². The van der Waals surface area contributed by atoms with Gasteiger partial charge in [-0.1, -0.05) is 216 Å². The fourth-order valence-corrected chi connectivity index (χ4v) is 8.46. The van der Waals surface area contributed by atoms with Crippen molar-refractivity contribution >= 4 is 13.7 Å². The number of unbranched alkanes of at least 4 members (excludes halogenated alkanes) is 13. The molecule has 0 aromatic carbocycles. The number of carbonyl (C=O) groups is 1. The van der Waals surface area contributed by atoms with Crippen LogP contribution in [0.15, 0.2) is 158 Å². The summed E-state index contributed by atoms with van der Waals surface area (Å²) in [6, 6.07) is -1.11. The Kier molecular flexibility index (Phi) is 52.6. The molecule has 0 aliphatic carbocycles. The average Bonchev–Trinajstić information content (AvgIpc) is 3.39. The molecule has 9 nitrogen and oxygen atoms in total. The van der Waals surface area contributed by atoms with Crippen molar-refractivity contribution in [1.29, 1.82) is 0 Å². The fraction of sp³-hybridized carbons (Fsp3) is 0.597. The van der Waals surface area contributed by atoms with Gasteiger partial charge in [0.25, 0.3) is 7.82 Å². The highest BCUT2D eigenvalue weighted by Crippen LogP contribution is 2.38. The second-order valence-electron chi connectivity index (χ2n) is 20.7. The van der Waals surface area contributed by atoms with Gasteiger partial charge in [-0.25, -0.2) is 0 Å². The van der Waals surface area contributed by atoms with Crippen LogP contribution in [0.5, 0.6) is 0 Å². The fourth-order valence-electron chi connectivity index (χ4n) is 7.73. The number of phosphoric acid groups is 1. The van der Waals surface area contributed by atoms with E-state index in [1.54, 1.807) is 0 Å². The maximum atomic E-state index is 13.0. The average molecular weight is 1090 g/mol. The van der Waals surface area contributed by atoms with E-state index in [4.69, 9.17) is 9.05 Å². The van der Waals surface area contributed by atoms with Crippen molar-refractivity contribution in [3.63, 3.8) is 0 Å². The summed E-state index contributed by atoms with van der Waals surface area (Å²) in [6.45, 7) is 4.05. The van der Waals surface area contributed by atoms with E-state index in [1.807, 2.05) is 28.1 Å². The molecule has 0 spiro atoms. The molecule has 0 bridgehead atoms. The first-order valence-corrected chi connectivity index (χ1v) is 31.3. The minimum Gasteiger partial charge on any atom is -0.756 e. The van der Waals surface area contributed by atoms with E-state index in [2.05, 4.69) is 170 Å². The number of allylic oxidation sites excluding steroid dienone is 26. The van der Waals surface area contributed by atoms with Gasteiger partial charge in [0.2, 0.25) is 5.91 Å². The Morgan fingerprint density at radius 2 is 0.844 bits per heavy atom. The largest absolute Gasteiger partial charge is 0.756 e. The summed E-state index contributed by atoms with van der Waals surface area (Å²) >= 11 is 0. The van der Waals surface area contributed by atoms with Crippen LogP contribution < -0.4 is 10.2 Å². The van der Waals surface area contributed by atoms with Crippen LogP contribution in [0.3, 0.4) is 0 Å². The summed E-state index contributed by atoms with van der Waals surface area (Å²) in [5.74, 6) is -0.308. The number of hydrogen-bond donors (Lipinski definition) is 3. The van der Waals surface area contributed by atoms with E-state index >= 15 is 0 Å². The molecule has 0 saturated carbocycles. The van der Waals surface area contributed by atoms with E-state index in [1.165, 1.54) is 38.5 Å². The SMILES string of the molecule is C/C=C/CC/C=C/CC/C=C/CCCC(O)C(O)C(COP(=O)([O-])OCC[N+](C)(C)C)NC(=O)CCCCCCCCCCCC/C=C\C/C=C\C/C=C\C/C=C\C/C=C\C/C=C\C/C=C\C/C=C\C/C=C\C/C=C\CC. The molecule has 0 saturated heterocycles. The van der Waals surface area contributed by atoms with Crippen molar-refractivity contribution in [1.82, 2.24) is 5.32 Å². The van der Waals surface area contributed by atoms with Gasteiger partial charge >= 0.3 is 0 Å². The van der Waals surface area contributed by atoms with Crippen LogP contribution in [0.4, 0.5) is 0 Å². The summed E-state index contributed by atoms with van der Waals surface area (Å²) < 4.78 is 23.2. The number of nitrogens with zero attached hydrogens (tertiary/aromatic N) is 1. The lowest BCUT2D eigenvalue weighted by atomic mass is 10.0. The third-order valence-corrected chi connectivity index (χ3v) is 13.4. The first kappa shape index (κ1) is 73.1. The molecule has 4 unspecified atom stereocenters. The molecule has 0 radical (unpaired) electrons. The molecule has 0 fully saturated rings. The van der Waals surface area contributed by atoms with E-state index in [0.29, 0.717) is 30.3 Å². The van der Waals surface area contributed by atoms with Crippen LogP contribution >= 0.6 is 7.82 Å². The first-order valence-electron chi connectivity index (χ1n) is 29.9. The number of aliphatic hydroxyl groups excluding tert-OH is 2. The molecule has 0 aliphatic rings. The maximum absolute atomic E-state index is 13.0. The Balaban J connectivity index is 4.15. The zero-order valence-electron chi connectivity index (χ0n) is 49.2. The summed E-state index contributed by atoms with van der Waals surface area (Å²) in [7, 11) is 1.07. The number of rotatable bonds is 52. The Bertz CT molecular complexity index is 1830. The van der Waals surface area contributed by atoms with Gasteiger partial charge < -0.3 is 34.0 Å². The number of phosphoric ester groups is 1. The van der Waals surface area contributed by atoms with Crippen LogP contribution in [0.1, 0.15) is 200 Å². The van der Waals surface area contributed by atoms with Gasteiger partial charge in [0, 0.05) is 6.42 Å². The number of quaternary nitrogens is 1. The van der Waals surface area contributed by atoms with Crippen molar-refractivity contribution in [3.8, 4) is 0 Å². The number of carbonyl (C=O) groups excluding carboxylic acids is 1. The predicted molar refractivity (Wildman–Crippen MR) is 330 cm³/mol. The molecule has 0 aromatic rings. The molecule has 436 valence electrons. The van der Waals surface area contributed by atoms with Gasteiger partial charge in [-0.3, -0.25) is 9.36 Å². The van der Waals surface area contributed by atoms with Gasteiger partial charge in [0.1, 0.15) is 19.3 Å². The number of nitrogens with one attached hydrogen (secondary N) is 1. The predicted octanol–water partition coefficient (Wildman–Crippen LogP) is 17.0. The zero-order valence-corrected chi connectivity index (χ0v) is 50.1. The number of hydrogen-bond acceptors (Lipinski definition) is 7. The summed E-state index contributed by atoms with van der Waals surface area (Å²) in [5.41, 5.74) is 0. The number of likely N-dealkylation sites (N-methyl/N-ethyl adjacent to an activating group) is 1. The monoisotopic (exact) mass is 1090 g/mol. The third-order valence-electron chi connectivity index (χ3n) is 12.4. The highest BCUT2D eigenvalue weighted by atomic mass is 31.2. The van der Waals surface area contributed by atoms with E-state index in [9.17, 15) is 24.5 Å². The Labute approximate surface area is 472 Å². The number of amides is 1. The van der Waals surface area contributed by atoms with Gasteiger partial charge in [0.05, 0.1) is 39.9 Å². The van der Waals surface area contributed by atoms with Gasteiger partial charge in [-0.05, 0) is 135 Å². The molecule has 0 rings (SSSR count). The standard InChI is InChI=1S/C67H111N2O7P/c1-6-8-10-12-14-16-18-20-21-22-23-24-25-26-27-28-29-30-31-32-33-34-35-36-37-38-39-40-41-42-43-44-45-46-47-48-50-52-54-56-58-60-66(71)68-64(63-76-77(73,74)75-62-61-69(3,4)5)67(72)65(70)59-57-55-53-51-49-19-17-15-13-11-9-7-2/h7-10,14-17,20-21,23-24,26-27,29-30,32-33,35-36,38-39,41-42,51,53,64-65,67,70,72H,6,11-13,18-19,22,25,28,31,34,37,40,43-50,52,54-63H2,1-5H3,(H-,68,71,73,74)/b9-7+,10-8-,16-14-,17-15+,21-20-,24-23-,27-26-,30-29-,33-32-,36-35-,39-38-,42-41-,53-51+. The van der Waals surface area contributed by atoms with Crippen molar-refractivity contribution in [3.05, 3.63) is 158 Å². The quantitative estimate of drug-likeness (QED) is 0.0239. The van der Waals surface area contributed by atoms with E-state index < -0.39 is 32.7 Å². The maximum Gasteiger partial charge on any atom is 0.268 e. The van der Waals surface area contributed by atoms with E-state index in [-0.39, 0.29) is 18.9 Å². The van der Waals surface area contributed by atoms with Crippen LogP contribution in [0, 0.1) is 0 Å². The lowest BCUT2D eigenvalue weighted by molar-refractivity contribution is -0.870. The molecule has 3 N–H and O–H groups in total. The van der Waals surface area contributed by atoms with Crippen LogP contribution in [0.2, 0.25) is 0 Å². The number of aliphatic hydroxyl groups is 2. The van der Waals surface area contributed by atoms with Gasteiger partial charge in [-0.2, -0.15) is 0 Å². The second kappa shape index (κ2) is 55.4.